The summed E-state index contributed by atoms with van der Waals surface area (Å²) in [5.41, 5.74) is 7.95. The molecule has 1 saturated heterocycles. The van der Waals surface area contributed by atoms with Crippen LogP contribution in [0.15, 0.2) is 24.3 Å². The Morgan fingerprint density at radius 1 is 1.18 bits per heavy atom. The predicted molar refractivity (Wildman–Crippen MR) is 74.0 cm³/mol. The van der Waals surface area contributed by atoms with E-state index in [1.165, 1.54) is 44.5 Å². The fourth-order valence-corrected chi connectivity index (χ4v) is 2.52. The van der Waals surface area contributed by atoms with Crippen molar-refractivity contribution in [3.8, 4) is 0 Å². The van der Waals surface area contributed by atoms with Crippen molar-refractivity contribution in [2.45, 2.75) is 32.6 Å². The molecule has 94 valence electrons. The Bertz CT molecular complexity index is 331. The van der Waals surface area contributed by atoms with E-state index in [1.54, 1.807) is 0 Å². The van der Waals surface area contributed by atoms with Gasteiger partial charge in [0.2, 0.25) is 0 Å². The van der Waals surface area contributed by atoms with Crippen LogP contribution >= 0.6 is 0 Å². The highest BCUT2D eigenvalue weighted by molar-refractivity contribution is 5.39. The lowest BCUT2D eigenvalue weighted by Crippen LogP contribution is -2.27. The molecule has 0 spiro atoms. The summed E-state index contributed by atoms with van der Waals surface area (Å²) in [6, 6.07) is 8.30. The third kappa shape index (κ3) is 4.04. The van der Waals surface area contributed by atoms with E-state index in [0.29, 0.717) is 0 Å². The van der Waals surface area contributed by atoms with Gasteiger partial charge in [0.15, 0.2) is 0 Å². The lowest BCUT2D eigenvalue weighted by molar-refractivity contribution is 0.285. The van der Waals surface area contributed by atoms with Crippen LogP contribution in [0.3, 0.4) is 0 Å². The molecule has 2 rings (SSSR count). The van der Waals surface area contributed by atoms with Crippen molar-refractivity contribution >= 4 is 5.69 Å². The molecular formula is C15H24N2. The third-order valence-corrected chi connectivity index (χ3v) is 3.81. The Morgan fingerprint density at radius 2 is 1.94 bits per heavy atom. The average molecular weight is 232 g/mol. The molecule has 17 heavy (non-hydrogen) atoms. The Hall–Kier alpha value is -1.02. The van der Waals surface area contributed by atoms with Gasteiger partial charge in [0.25, 0.3) is 0 Å². The van der Waals surface area contributed by atoms with Crippen LogP contribution in [0.2, 0.25) is 0 Å². The van der Waals surface area contributed by atoms with Crippen LogP contribution in [0.25, 0.3) is 0 Å². The summed E-state index contributed by atoms with van der Waals surface area (Å²) in [6.45, 7) is 6.12. The maximum absolute atomic E-state index is 5.69. The van der Waals surface area contributed by atoms with Gasteiger partial charge in [-0.3, -0.25) is 0 Å². The number of anilines is 1. The molecule has 1 aromatic carbocycles. The van der Waals surface area contributed by atoms with E-state index in [2.05, 4.69) is 24.0 Å². The van der Waals surface area contributed by atoms with Crippen molar-refractivity contribution in [1.82, 2.24) is 4.90 Å². The predicted octanol–water partition coefficient (Wildman–Crippen LogP) is 2.93. The molecule has 2 heteroatoms. The van der Waals surface area contributed by atoms with Crippen molar-refractivity contribution in [2.24, 2.45) is 5.92 Å². The molecule has 0 radical (unpaired) electrons. The van der Waals surface area contributed by atoms with Crippen molar-refractivity contribution in [3.63, 3.8) is 0 Å². The Morgan fingerprint density at radius 3 is 2.71 bits per heavy atom. The molecule has 1 unspecified atom stereocenters. The number of hydrogen-bond acceptors (Lipinski definition) is 2. The second-order valence-electron chi connectivity index (χ2n) is 5.37. The van der Waals surface area contributed by atoms with Gasteiger partial charge >= 0.3 is 0 Å². The van der Waals surface area contributed by atoms with Gasteiger partial charge in [-0.2, -0.15) is 0 Å². The highest BCUT2D eigenvalue weighted by atomic mass is 15.1. The molecule has 0 aliphatic carbocycles. The van der Waals surface area contributed by atoms with Gasteiger partial charge in [0, 0.05) is 12.2 Å². The Labute approximate surface area is 105 Å². The fourth-order valence-electron chi connectivity index (χ4n) is 2.52. The Kier molecular flexibility index (Phi) is 4.43. The summed E-state index contributed by atoms with van der Waals surface area (Å²) >= 11 is 0. The minimum absolute atomic E-state index is 0.859. The van der Waals surface area contributed by atoms with Crippen LogP contribution < -0.4 is 5.73 Å². The number of nitrogens with zero attached hydrogens (tertiary/aromatic N) is 1. The first-order valence-corrected chi connectivity index (χ1v) is 6.81. The van der Waals surface area contributed by atoms with E-state index >= 15 is 0 Å². The molecule has 2 N–H and O–H groups in total. The lowest BCUT2D eigenvalue weighted by Gasteiger charge is -2.19. The molecule has 1 fully saturated rings. The second kappa shape index (κ2) is 6.06. The number of likely N-dealkylation sites (tertiary alicyclic amines) is 1. The monoisotopic (exact) mass is 232 g/mol. The van der Waals surface area contributed by atoms with Crippen molar-refractivity contribution < 1.29 is 0 Å². The quantitative estimate of drug-likeness (QED) is 0.812. The van der Waals surface area contributed by atoms with E-state index in [4.69, 9.17) is 5.73 Å². The molecule has 1 aliphatic heterocycles. The van der Waals surface area contributed by atoms with Gasteiger partial charge in [-0.05, 0) is 62.4 Å². The first kappa shape index (κ1) is 12.4. The molecule has 1 heterocycles. The summed E-state index contributed by atoms with van der Waals surface area (Å²) in [7, 11) is 0. The van der Waals surface area contributed by atoms with Crippen molar-refractivity contribution in [1.29, 1.82) is 0 Å². The standard InChI is InChI=1S/C15H24N2/c1-13-3-2-10-17(11-8-13)12-9-14-4-6-15(16)7-5-14/h4-7,13H,2-3,8-12,16H2,1H3. The maximum atomic E-state index is 5.69. The highest BCUT2D eigenvalue weighted by Gasteiger charge is 2.13. The summed E-state index contributed by atoms with van der Waals surface area (Å²) in [4.78, 5) is 2.61. The largest absolute Gasteiger partial charge is 0.399 e. The van der Waals surface area contributed by atoms with Gasteiger partial charge in [-0.1, -0.05) is 19.1 Å². The Balaban J connectivity index is 1.79. The van der Waals surface area contributed by atoms with Gasteiger partial charge in [0.05, 0.1) is 0 Å². The molecule has 0 amide bonds. The number of nitrogen functional groups attached to an aromatic ring is 1. The van der Waals surface area contributed by atoms with Crippen molar-refractivity contribution in [3.05, 3.63) is 29.8 Å². The summed E-state index contributed by atoms with van der Waals surface area (Å²) in [5, 5.41) is 0. The molecule has 1 aromatic rings. The van der Waals surface area contributed by atoms with Crippen LogP contribution in [-0.4, -0.2) is 24.5 Å². The number of hydrogen-bond donors (Lipinski definition) is 1. The molecule has 2 nitrogen and oxygen atoms in total. The molecule has 0 saturated carbocycles. The summed E-state index contributed by atoms with van der Waals surface area (Å²) in [5.74, 6) is 0.913. The zero-order valence-corrected chi connectivity index (χ0v) is 10.9. The first-order valence-electron chi connectivity index (χ1n) is 6.81. The molecule has 1 aliphatic rings. The van der Waals surface area contributed by atoms with Crippen LogP contribution in [0.5, 0.6) is 0 Å². The molecule has 0 aromatic heterocycles. The fraction of sp³-hybridized carbons (Fsp3) is 0.600. The topological polar surface area (TPSA) is 29.3 Å². The van der Waals surface area contributed by atoms with Gasteiger partial charge in [0.1, 0.15) is 0 Å². The summed E-state index contributed by atoms with van der Waals surface area (Å²) < 4.78 is 0. The third-order valence-electron chi connectivity index (χ3n) is 3.81. The smallest absolute Gasteiger partial charge is 0.0314 e. The zero-order valence-electron chi connectivity index (χ0n) is 10.9. The normalized spacial score (nSPS) is 22.3. The van der Waals surface area contributed by atoms with Crippen LogP contribution in [0, 0.1) is 5.92 Å². The van der Waals surface area contributed by atoms with Crippen LogP contribution in [-0.2, 0) is 6.42 Å². The molecule has 0 bridgehead atoms. The summed E-state index contributed by atoms with van der Waals surface area (Å²) in [6.07, 6.45) is 5.28. The van der Waals surface area contributed by atoms with Gasteiger partial charge in [-0.15, -0.1) is 0 Å². The van der Waals surface area contributed by atoms with E-state index in [1.807, 2.05) is 12.1 Å². The average Bonchev–Trinajstić information content (AvgIpc) is 2.54. The zero-order chi connectivity index (χ0) is 12.1. The van der Waals surface area contributed by atoms with E-state index in [0.717, 1.165) is 18.0 Å². The number of nitrogens with two attached hydrogens (primary N) is 1. The number of benzene rings is 1. The van der Waals surface area contributed by atoms with E-state index in [-0.39, 0.29) is 0 Å². The minimum Gasteiger partial charge on any atom is -0.399 e. The van der Waals surface area contributed by atoms with Crippen LogP contribution in [0.1, 0.15) is 31.7 Å². The van der Waals surface area contributed by atoms with E-state index in [9.17, 15) is 0 Å². The highest BCUT2D eigenvalue weighted by Crippen LogP contribution is 2.16. The van der Waals surface area contributed by atoms with Crippen molar-refractivity contribution in [2.75, 3.05) is 25.4 Å². The van der Waals surface area contributed by atoms with E-state index < -0.39 is 0 Å². The minimum atomic E-state index is 0.859. The SMILES string of the molecule is CC1CCCN(CCc2ccc(N)cc2)CC1. The maximum Gasteiger partial charge on any atom is 0.0314 e. The lowest BCUT2D eigenvalue weighted by atomic mass is 10.0. The molecule has 1 atom stereocenters. The first-order chi connectivity index (χ1) is 8.24. The number of rotatable bonds is 3. The molecular weight excluding hydrogens is 208 g/mol. The van der Waals surface area contributed by atoms with Crippen LogP contribution in [0.4, 0.5) is 5.69 Å². The van der Waals surface area contributed by atoms with Gasteiger partial charge < -0.3 is 10.6 Å². The van der Waals surface area contributed by atoms with Gasteiger partial charge in [-0.25, -0.2) is 0 Å². The second-order valence-corrected chi connectivity index (χ2v) is 5.37.